The summed E-state index contributed by atoms with van der Waals surface area (Å²) in [7, 11) is 0. The molecule has 3 nitrogen and oxygen atoms in total. The molecule has 91 valence electrons. The van der Waals surface area contributed by atoms with Crippen LogP contribution in [0, 0.1) is 17.3 Å². The van der Waals surface area contributed by atoms with Gasteiger partial charge in [0.15, 0.2) is 0 Å². The van der Waals surface area contributed by atoms with Crippen molar-refractivity contribution in [2.45, 2.75) is 40.5 Å². The average Bonchev–Trinajstić information content (AvgIpc) is 2.49. The van der Waals surface area contributed by atoms with Gasteiger partial charge in [-0.15, -0.1) is 0 Å². The van der Waals surface area contributed by atoms with Crippen LogP contribution >= 0.6 is 0 Å². The molecular formula is C13H18NO2Y-. The summed E-state index contributed by atoms with van der Waals surface area (Å²) in [5, 5.41) is 3.61. The van der Waals surface area contributed by atoms with Gasteiger partial charge < -0.3 is 14.9 Å². The van der Waals surface area contributed by atoms with E-state index in [2.05, 4.69) is 33.0 Å². The summed E-state index contributed by atoms with van der Waals surface area (Å²) >= 11 is 0. The summed E-state index contributed by atoms with van der Waals surface area (Å²) in [5.74, 6) is 0.0905. The third-order valence-corrected chi connectivity index (χ3v) is 4.63. The molecule has 1 aliphatic carbocycles. The van der Waals surface area contributed by atoms with E-state index in [0.29, 0.717) is 12.3 Å². The zero-order valence-corrected chi connectivity index (χ0v) is 13.7. The molecule has 0 aromatic carbocycles. The predicted molar refractivity (Wildman–Crippen MR) is 61.7 cm³/mol. The van der Waals surface area contributed by atoms with Crippen LogP contribution in [0.2, 0.25) is 0 Å². The third kappa shape index (κ3) is 2.17. The maximum Gasteiger partial charge on any atom is 0.0638 e. The molecule has 1 aliphatic heterocycles. The Balaban J connectivity index is 0.00000144. The third-order valence-electron chi connectivity index (χ3n) is 4.63. The van der Waals surface area contributed by atoms with Crippen LogP contribution in [0.1, 0.15) is 40.5 Å². The fraction of sp³-hybridized carbons (Fsp3) is 0.692. The average molecular weight is 309 g/mol. The van der Waals surface area contributed by atoms with Crippen LogP contribution < -0.4 is 0 Å². The van der Waals surface area contributed by atoms with Crippen LogP contribution in [0.25, 0.3) is 5.32 Å². The second-order valence-corrected chi connectivity index (χ2v) is 5.34. The number of allylic oxidation sites excluding steroid dienone is 2. The van der Waals surface area contributed by atoms with E-state index in [4.69, 9.17) is 0 Å². The number of carbonyl (C=O) groups excluding carboxylic acids is 2. The molecule has 2 rings (SSSR count). The number of rotatable bonds is 0. The zero-order chi connectivity index (χ0) is 12.1. The van der Waals surface area contributed by atoms with Gasteiger partial charge in [-0.3, -0.25) is 0 Å². The first-order valence-corrected chi connectivity index (χ1v) is 5.85. The van der Waals surface area contributed by atoms with E-state index in [1.54, 1.807) is 0 Å². The van der Waals surface area contributed by atoms with E-state index in [9.17, 15) is 9.59 Å². The molecule has 0 aromatic rings. The molecule has 0 saturated carbocycles. The largest absolute Gasteiger partial charge is 0.595 e. The van der Waals surface area contributed by atoms with E-state index in [1.165, 1.54) is 11.1 Å². The van der Waals surface area contributed by atoms with Gasteiger partial charge >= 0.3 is 0 Å². The van der Waals surface area contributed by atoms with Crippen molar-refractivity contribution in [3.63, 3.8) is 0 Å². The number of hydrogen-bond acceptors (Lipinski definition) is 2. The second kappa shape index (κ2) is 4.93. The van der Waals surface area contributed by atoms with Gasteiger partial charge in [0.25, 0.3) is 0 Å². The summed E-state index contributed by atoms with van der Waals surface area (Å²) in [4.78, 5) is 23.3. The Bertz CT molecular complexity index is 402. The van der Waals surface area contributed by atoms with Gasteiger partial charge in [0.1, 0.15) is 0 Å². The van der Waals surface area contributed by atoms with Crippen molar-refractivity contribution in [2.24, 2.45) is 17.3 Å². The molecule has 1 saturated heterocycles. The topological polar surface area (TPSA) is 48.2 Å². The van der Waals surface area contributed by atoms with Gasteiger partial charge in [-0.05, 0) is 32.1 Å². The minimum Gasteiger partial charge on any atom is -0.595 e. The summed E-state index contributed by atoms with van der Waals surface area (Å²) in [5.41, 5.74) is 2.10. The Hall–Kier alpha value is -0.0161. The Morgan fingerprint density at radius 3 is 2.24 bits per heavy atom. The molecule has 3 unspecified atom stereocenters. The van der Waals surface area contributed by atoms with E-state index in [-0.39, 0.29) is 50.4 Å². The van der Waals surface area contributed by atoms with Crippen LogP contribution in [-0.4, -0.2) is 11.8 Å². The van der Waals surface area contributed by atoms with Crippen LogP contribution in [-0.2, 0) is 42.3 Å². The van der Waals surface area contributed by atoms with Crippen molar-refractivity contribution >= 4 is 11.8 Å². The SMILES string of the molecule is CC1=C(C)C(C)C2(CC(=O)[N-]C2=O)CC1C.[Y]. The second-order valence-electron chi connectivity index (χ2n) is 5.34. The van der Waals surface area contributed by atoms with Gasteiger partial charge in [0.2, 0.25) is 0 Å². The van der Waals surface area contributed by atoms with E-state index >= 15 is 0 Å². The first kappa shape index (κ1) is 15.0. The molecule has 2 amide bonds. The van der Waals surface area contributed by atoms with Gasteiger partial charge in [-0.2, -0.15) is 0 Å². The summed E-state index contributed by atoms with van der Waals surface area (Å²) < 4.78 is 0. The fourth-order valence-corrected chi connectivity index (χ4v) is 3.13. The Kier molecular flexibility index (Phi) is 4.36. The van der Waals surface area contributed by atoms with E-state index in [0.717, 1.165) is 6.42 Å². The van der Waals surface area contributed by atoms with Crippen molar-refractivity contribution in [1.82, 2.24) is 0 Å². The first-order chi connectivity index (χ1) is 7.38. The maximum absolute atomic E-state index is 12.0. The van der Waals surface area contributed by atoms with E-state index < -0.39 is 5.41 Å². The summed E-state index contributed by atoms with van der Waals surface area (Å²) in [6.07, 6.45) is 1.08. The molecule has 0 aromatic heterocycles. The minimum absolute atomic E-state index is 0. The molecule has 2 aliphatic rings. The molecule has 1 fully saturated rings. The zero-order valence-electron chi connectivity index (χ0n) is 10.9. The van der Waals surface area contributed by atoms with Crippen molar-refractivity contribution in [3.8, 4) is 0 Å². The van der Waals surface area contributed by atoms with Crippen LogP contribution in [0.3, 0.4) is 0 Å². The number of carbonyl (C=O) groups is 2. The Morgan fingerprint density at radius 1 is 1.18 bits per heavy atom. The van der Waals surface area contributed by atoms with Gasteiger partial charge in [-0.25, -0.2) is 0 Å². The molecule has 4 heteroatoms. The monoisotopic (exact) mass is 309 g/mol. The first-order valence-electron chi connectivity index (χ1n) is 5.85. The Morgan fingerprint density at radius 2 is 1.76 bits per heavy atom. The fourth-order valence-electron chi connectivity index (χ4n) is 3.13. The number of nitrogens with zero attached hydrogens (tertiary/aromatic N) is 1. The van der Waals surface area contributed by atoms with Crippen molar-refractivity contribution in [2.75, 3.05) is 0 Å². The number of hydrogen-bond donors (Lipinski definition) is 0. The molecule has 3 atom stereocenters. The summed E-state index contributed by atoms with van der Waals surface area (Å²) in [6, 6.07) is 0. The minimum atomic E-state index is -0.528. The smallest absolute Gasteiger partial charge is 0.0638 e. The molecule has 1 radical (unpaired) electrons. The quantitative estimate of drug-likeness (QED) is 0.510. The van der Waals surface area contributed by atoms with Gasteiger partial charge in [0.05, 0.1) is 11.8 Å². The van der Waals surface area contributed by atoms with Gasteiger partial charge in [0, 0.05) is 44.5 Å². The molecule has 17 heavy (non-hydrogen) atoms. The van der Waals surface area contributed by atoms with Crippen LogP contribution in [0.4, 0.5) is 0 Å². The van der Waals surface area contributed by atoms with Crippen molar-refractivity contribution in [3.05, 3.63) is 16.5 Å². The normalized spacial score (nSPS) is 37.2. The van der Waals surface area contributed by atoms with Crippen LogP contribution in [0.5, 0.6) is 0 Å². The van der Waals surface area contributed by atoms with Crippen molar-refractivity contribution in [1.29, 1.82) is 0 Å². The van der Waals surface area contributed by atoms with Gasteiger partial charge in [-0.1, -0.05) is 25.0 Å². The number of imide groups is 1. The molecule has 1 heterocycles. The van der Waals surface area contributed by atoms with Crippen molar-refractivity contribution < 1.29 is 42.3 Å². The molecular weight excluding hydrogens is 291 g/mol. The molecule has 0 bridgehead atoms. The molecule has 0 N–H and O–H groups in total. The van der Waals surface area contributed by atoms with E-state index in [1.807, 2.05) is 0 Å². The number of amides is 2. The predicted octanol–water partition coefficient (Wildman–Crippen LogP) is 2.81. The maximum atomic E-state index is 12.0. The Labute approximate surface area is 128 Å². The summed E-state index contributed by atoms with van der Waals surface area (Å²) in [6.45, 7) is 8.38. The van der Waals surface area contributed by atoms with Crippen LogP contribution in [0.15, 0.2) is 11.1 Å². The standard InChI is InChI=1S/C13H19NO2.Y/c1-7-5-13(6-11(15)14-12(13)16)10(4)9(3)8(7)2;/h7,10H,5-6H2,1-4H3,(H,14,15,16);/p-1. The molecule has 1 spiro atoms.